The molecule has 0 aromatic heterocycles. The number of carbonyl (C=O) groups is 1. The van der Waals surface area contributed by atoms with Crippen molar-refractivity contribution >= 4 is 5.97 Å². The molecule has 1 aromatic rings. The van der Waals surface area contributed by atoms with Crippen LogP contribution in [0.1, 0.15) is 25.3 Å². The lowest BCUT2D eigenvalue weighted by atomic mass is 9.99. The Kier molecular flexibility index (Phi) is 4.10. The highest BCUT2D eigenvalue weighted by molar-refractivity contribution is 5.71. The van der Waals surface area contributed by atoms with Gasteiger partial charge in [-0.25, -0.2) is 0 Å². The van der Waals surface area contributed by atoms with E-state index in [1.165, 1.54) is 5.56 Å². The summed E-state index contributed by atoms with van der Waals surface area (Å²) in [5, 5.41) is 8.71. The first-order valence-corrected chi connectivity index (χ1v) is 5.07. The number of carboxylic acid groups (broad SMARTS) is 1. The average molecular weight is 204 g/mol. The van der Waals surface area contributed by atoms with Gasteiger partial charge in [0.15, 0.2) is 0 Å². The molecular weight excluding hydrogens is 188 g/mol. The quantitative estimate of drug-likeness (QED) is 0.765. The molecule has 2 unspecified atom stereocenters. The molecule has 80 valence electrons. The van der Waals surface area contributed by atoms with E-state index in [0.717, 1.165) is 0 Å². The number of carboxylic acids is 1. The normalized spacial score (nSPS) is 15.1. The summed E-state index contributed by atoms with van der Waals surface area (Å²) < 4.78 is 0. The van der Waals surface area contributed by atoms with Crippen molar-refractivity contribution in [3.05, 3.63) is 48.0 Å². The molecule has 2 atom stereocenters. The topological polar surface area (TPSA) is 37.3 Å². The van der Waals surface area contributed by atoms with Crippen LogP contribution in [0.25, 0.3) is 0 Å². The Morgan fingerprint density at radius 1 is 1.20 bits per heavy atom. The highest BCUT2D eigenvalue weighted by atomic mass is 16.4. The third kappa shape index (κ3) is 3.58. The summed E-state index contributed by atoms with van der Waals surface area (Å²) in [5.74, 6) is -0.948. The third-order valence-electron chi connectivity index (χ3n) is 2.40. The van der Waals surface area contributed by atoms with Gasteiger partial charge in [-0.3, -0.25) is 4.79 Å². The van der Waals surface area contributed by atoms with E-state index >= 15 is 0 Å². The first-order chi connectivity index (χ1) is 7.11. The third-order valence-corrected chi connectivity index (χ3v) is 2.40. The van der Waals surface area contributed by atoms with Crippen LogP contribution in [0.2, 0.25) is 0 Å². The first-order valence-electron chi connectivity index (χ1n) is 5.07. The van der Waals surface area contributed by atoms with Gasteiger partial charge >= 0.3 is 5.97 Å². The minimum Gasteiger partial charge on any atom is -0.481 e. The molecule has 0 bridgehead atoms. The number of aliphatic carboxylic acids is 1. The molecule has 0 fully saturated rings. The molecule has 0 aliphatic carbocycles. The molecule has 0 amide bonds. The minimum atomic E-state index is -0.786. The van der Waals surface area contributed by atoms with Gasteiger partial charge in [0.05, 0.1) is 5.92 Å². The fraction of sp³-hybridized carbons (Fsp3) is 0.308. The summed E-state index contributed by atoms with van der Waals surface area (Å²) in [5.41, 5.74) is 1.20. The molecule has 0 saturated carbocycles. The lowest BCUT2D eigenvalue weighted by molar-refractivity contribution is -0.139. The summed E-state index contributed by atoms with van der Waals surface area (Å²) in [6.45, 7) is 3.73. The van der Waals surface area contributed by atoms with Crippen molar-refractivity contribution in [2.75, 3.05) is 0 Å². The van der Waals surface area contributed by atoms with Crippen LogP contribution in [0.4, 0.5) is 0 Å². The lowest BCUT2D eigenvalue weighted by Gasteiger charge is -2.06. The smallest absolute Gasteiger partial charge is 0.310 e. The van der Waals surface area contributed by atoms with E-state index in [1.54, 1.807) is 13.0 Å². The Balaban J connectivity index is 2.64. The van der Waals surface area contributed by atoms with E-state index in [9.17, 15) is 4.79 Å². The Morgan fingerprint density at radius 2 is 1.80 bits per heavy atom. The molecule has 2 nitrogen and oxygen atoms in total. The Labute approximate surface area is 90.3 Å². The van der Waals surface area contributed by atoms with Crippen molar-refractivity contribution in [2.24, 2.45) is 5.92 Å². The van der Waals surface area contributed by atoms with Crippen molar-refractivity contribution in [3.8, 4) is 0 Å². The Bertz CT molecular complexity index is 341. The summed E-state index contributed by atoms with van der Waals surface area (Å²) >= 11 is 0. The molecule has 2 heteroatoms. The number of hydrogen-bond donors (Lipinski definition) is 1. The maximum absolute atomic E-state index is 10.6. The number of hydrogen-bond acceptors (Lipinski definition) is 1. The zero-order chi connectivity index (χ0) is 11.3. The fourth-order valence-corrected chi connectivity index (χ4v) is 1.28. The van der Waals surface area contributed by atoms with E-state index in [0.29, 0.717) is 0 Å². The zero-order valence-corrected chi connectivity index (χ0v) is 9.05. The molecule has 15 heavy (non-hydrogen) atoms. The van der Waals surface area contributed by atoms with Crippen LogP contribution in [0, 0.1) is 5.92 Å². The highest BCUT2D eigenvalue weighted by Gasteiger charge is 2.07. The molecule has 1 N–H and O–H groups in total. The highest BCUT2D eigenvalue weighted by Crippen LogP contribution is 2.16. The van der Waals surface area contributed by atoms with Crippen molar-refractivity contribution < 1.29 is 9.90 Å². The Morgan fingerprint density at radius 3 is 2.33 bits per heavy atom. The van der Waals surface area contributed by atoms with E-state index in [4.69, 9.17) is 5.11 Å². The maximum Gasteiger partial charge on any atom is 0.310 e. The summed E-state index contributed by atoms with van der Waals surface area (Å²) in [4.78, 5) is 10.6. The molecule has 0 spiro atoms. The summed E-state index contributed by atoms with van der Waals surface area (Å²) in [7, 11) is 0. The van der Waals surface area contributed by atoms with Gasteiger partial charge < -0.3 is 5.11 Å². The van der Waals surface area contributed by atoms with Crippen LogP contribution in [0.3, 0.4) is 0 Å². The van der Waals surface area contributed by atoms with Gasteiger partial charge in [-0.15, -0.1) is 0 Å². The molecule has 0 aliphatic heterocycles. The predicted octanol–water partition coefficient (Wildman–Crippen LogP) is 3.07. The first kappa shape index (κ1) is 11.5. The molecular formula is C13H16O2. The average Bonchev–Trinajstić information content (AvgIpc) is 2.26. The van der Waals surface area contributed by atoms with Crippen LogP contribution in [0.15, 0.2) is 42.5 Å². The minimum absolute atomic E-state index is 0.257. The van der Waals surface area contributed by atoms with Crippen molar-refractivity contribution in [1.29, 1.82) is 0 Å². The summed E-state index contributed by atoms with van der Waals surface area (Å²) in [6.07, 6.45) is 3.67. The molecule has 0 saturated heterocycles. The van der Waals surface area contributed by atoms with Gasteiger partial charge in [0.1, 0.15) is 0 Å². The lowest BCUT2D eigenvalue weighted by Crippen LogP contribution is -2.06. The predicted molar refractivity (Wildman–Crippen MR) is 60.8 cm³/mol. The van der Waals surface area contributed by atoms with Crippen LogP contribution < -0.4 is 0 Å². The zero-order valence-electron chi connectivity index (χ0n) is 9.05. The van der Waals surface area contributed by atoms with Crippen molar-refractivity contribution in [3.63, 3.8) is 0 Å². The SMILES string of the molecule is CC(C=CC(C)c1ccccc1)C(=O)O. The van der Waals surface area contributed by atoms with E-state index < -0.39 is 11.9 Å². The van der Waals surface area contributed by atoms with Gasteiger partial charge in [-0.1, -0.05) is 49.4 Å². The van der Waals surface area contributed by atoms with Crippen LogP contribution in [-0.2, 0) is 4.79 Å². The van der Waals surface area contributed by atoms with E-state index in [1.807, 2.05) is 36.4 Å². The number of rotatable bonds is 4. The maximum atomic E-state index is 10.6. The monoisotopic (exact) mass is 204 g/mol. The van der Waals surface area contributed by atoms with Gasteiger partial charge in [-0.2, -0.15) is 0 Å². The Hall–Kier alpha value is -1.57. The van der Waals surface area contributed by atoms with Crippen molar-refractivity contribution in [1.82, 2.24) is 0 Å². The second-order valence-corrected chi connectivity index (χ2v) is 3.71. The van der Waals surface area contributed by atoms with E-state index in [-0.39, 0.29) is 5.92 Å². The van der Waals surface area contributed by atoms with Gasteiger partial charge in [0, 0.05) is 0 Å². The van der Waals surface area contributed by atoms with Gasteiger partial charge in [-0.05, 0) is 18.4 Å². The van der Waals surface area contributed by atoms with E-state index in [2.05, 4.69) is 6.92 Å². The van der Waals surface area contributed by atoms with Crippen LogP contribution in [0.5, 0.6) is 0 Å². The van der Waals surface area contributed by atoms with Gasteiger partial charge in [0.25, 0.3) is 0 Å². The largest absolute Gasteiger partial charge is 0.481 e. The molecule has 0 radical (unpaired) electrons. The standard InChI is InChI=1S/C13H16O2/c1-10(8-9-11(2)13(14)15)12-6-4-3-5-7-12/h3-11H,1-2H3,(H,14,15). The molecule has 0 heterocycles. The van der Waals surface area contributed by atoms with Gasteiger partial charge in [0.2, 0.25) is 0 Å². The number of allylic oxidation sites excluding steroid dienone is 1. The van der Waals surface area contributed by atoms with Crippen LogP contribution in [-0.4, -0.2) is 11.1 Å². The molecule has 1 rings (SSSR count). The summed E-state index contributed by atoms with van der Waals surface area (Å²) in [6, 6.07) is 10.0. The van der Waals surface area contributed by atoms with Crippen LogP contribution >= 0.6 is 0 Å². The number of benzene rings is 1. The second-order valence-electron chi connectivity index (χ2n) is 3.71. The fourth-order valence-electron chi connectivity index (χ4n) is 1.28. The van der Waals surface area contributed by atoms with Crippen molar-refractivity contribution in [2.45, 2.75) is 19.8 Å². The molecule has 1 aromatic carbocycles. The second kappa shape index (κ2) is 5.35. The molecule has 0 aliphatic rings.